The number of unbranched alkanes of at least 4 members (excludes halogenated alkanes) is 1. The first-order chi connectivity index (χ1) is 10.1. The summed E-state index contributed by atoms with van der Waals surface area (Å²) in [4.78, 5) is 12.2. The van der Waals surface area contributed by atoms with E-state index in [0.29, 0.717) is 12.1 Å². The van der Waals surface area contributed by atoms with Gasteiger partial charge in [0.2, 0.25) is 0 Å². The van der Waals surface area contributed by atoms with E-state index in [2.05, 4.69) is 24.2 Å². The van der Waals surface area contributed by atoms with Gasteiger partial charge in [0, 0.05) is 17.7 Å². The summed E-state index contributed by atoms with van der Waals surface area (Å²) in [6.07, 6.45) is 1.89. The lowest BCUT2D eigenvalue weighted by Crippen LogP contribution is -2.27. The van der Waals surface area contributed by atoms with Crippen molar-refractivity contribution in [3.8, 4) is 11.3 Å². The maximum atomic E-state index is 12.2. The van der Waals surface area contributed by atoms with Crippen molar-refractivity contribution in [2.24, 2.45) is 0 Å². The van der Waals surface area contributed by atoms with Crippen LogP contribution in [0.1, 0.15) is 36.5 Å². The Hall–Kier alpha value is -1.94. The van der Waals surface area contributed by atoms with Crippen LogP contribution in [0.4, 0.5) is 0 Å². The normalized spacial score (nSPS) is 10.9. The van der Waals surface area contributed by atoms with Gasteiger partial charge in [-0.3, -0.25) is 4.79 Å². The summed E-state index contributed by atoms with van der Waals surface area (Å²) in [5.74, 6) is 0. The van der Waals surface area contributed by atoms with Crippen LogP contribution in [0.25, 0.3) is 11.3 Å². The number of benzene rings is 1. The standard InChI is InChI=1S/C17H22N2O2/c1-4-5-8-19-17(21)14(11-20)10-16(18-19)15-9-12(2)6-7-13(15)3/h6-7,9-10,20H,4-5,8,11H2,1-3H3. The van der Waals surface area contributed by atoms with Crippen LogP contribution in [0.15, 0.2) is 29.1 Å². The third-order valence-corrected chi connectivity index (χ3v) is 3.61. The zero-order valence-electron chi connectivity index (χ0n) is 12.9. The highest BCUT2D eigenvalue weighted by Crippen LogP contribution is 2.22. The molecule has 0 fully saturated rings. The zero-order chi connectivity index (χ0) is 15.4. The van der Waals surface area contributed by atoms with E-state index in [0.717, 1.165) is 35.2 Å². The smallest absolute Gasteiger partial charge is 0.272 e. The molecule has 0 bridgehead atoms. The van der Waals surface area contributed by atoms with Gasteiger partial charge in [-0.2, -0.15) is 5.10 Å². The third-order valence-electron chi connectivity index (χ3n) is 3.61. The highest BCUT2D eigenvalue weighted by atomic mass is 16.3. The number of aliphatic hydroxyl groups is 1. The number of aromatic nitrogens is 2. The van der Waals surface area contributed by atoms with Gasteiger partial charge >= 0.3 is 0 Å². The van der Waals surface area contributed by atoms with Crippen LogP contribution in [0.3, 0.4) is 0 Å². The number of hydrogen-bond acceptors (Lipinski definition) is 3. The van der Waals surface area contributed by atoms with Gasteiger partial charge in [0.25, 0.3) is 5.56 Å². The number of aliphatic hydroxyl groups excluding tert-OH is 1. The summed E-state index contributed by atoms with van der Waals surface area (Å²) < 4.78 is 1.48. The Labute approximate surface area is 125 Å². The lowest BCUT2D eigenvalue weighted by atomic mass is 10.0. The van der Waals surface area contributed by atoms with Crippen LogP contribution in [-0.4, -0.2) is 14.9 Å². The van der Waals surface area contributed by atoms with E-state index in [1.165, 1.54) is 4.68 Å². The molecule has 21 heavy (non-hydrogen) atoms. The Balaban J connectivity index is 2.58. The SMILES string of the molecule is CCCCn1nc(-c2cc(C)ccc2C)cc(CO)c1=O. The van der Waals surface area contributed by atoms with Crippen molar-refractivity contribution in [2.75, 3.05) is 0 Å². The molecule has 2 rings (SSSR count). The van der Waals surface area contributed by atoms with Gasteiger partial charge in [-0.25, -0.2) is 4.68 Å². The molecule has 0 aliphatic carbocycles. The second kappa shape index (κ2) is 6.68. The highest BCUT2D eigenvalue weighted by molar-refractivity contribution is 5.64. The van der Waals surface area contributed by atoms with E-state index >= 15 is 0 Å². The molecule has 0 unspecified atom stereocenters. The number of aryl methyl sites for hydroxylation is 3. The molecule has 1 aromatic carbocycles. The van der Waals surface area contributed by atoms with Crippen molar-refractivity contribution < 1.29 is 5.11 Å². The Morgan fingerprint density at radius 3 is 2.67 bits per heavy atom. The first kappa shape index (κ1) is 15.4. The molecule has 4 heteroatoms. The van der Waals surface area contributed by atoms with Gasteiger partial charge in [-0.1, -0.05) is 31.0 Å². The van der Waals surface area contributed by atoms with Crippen molar-refractivity contribution in [1.29, 1.82) is 0 Å². The van der Waals surface area contributed by atoms with Crippen molar-refractivity contribution >= 4 is 0 Å². The molecule has 0 radical (unpaired) electrons. The molecular weight excluding hydrogens is 264 g/mol. The summed E-state index contributed by atoms with van der Waals surface area (Å²) >= 11 is 0. The first-order valence-corrected chi connectivity index (χ1v) is 7.36. The molecule has 0 saturated heterocycles. The van der Waals surface area contributed by atoms with Crippen molar-refractivity contribution in [3.05, 3.63) is 51.3 Å². The summed E-state index contributed by atoms with van der Waals surface area (Å²) in [7, 11) is 0. The van der Waals surface area contributed by atoms with Crippen molar-refractivity contribution in [1.82, 2.24) is 9.78 Å². The Morgan fingerprint density at radius 2 is 2.00 bits per heavy atom. The van der Waals surface area contributed by atoms with Crippen molar-refractivity contribution in [2.45, 2.75) is 46.8 Å². The summed E-state index contributed by atoms with van der Waals surface area (Å²) in [5, 5.41) is 13.9. The highest BCUT2D eigenvalue weighted by Gasteiger charge is 2.11. The molecule has 0 saturated carbocycles. The summed E-state index contributed by atoms with van der Waals surface area (Å²) in [5.41, 5.74) is 4.22. The minimum atomic E-state index is -0.259. The largest absolute Gasteiger partial charge is 0.391 e. The molecule has 112 valence electrons. The number of nitrogens with zero attached hydrogens (tertiary/aromatic N) is 2. The molecule has 1 heterocycles. The second-order valence-electron chi connectivity index (χ2n) is 5.41. The zero-order valence-corrected chi connectivity index (χ0v) is 12.9. The fourth-order valence-electron chi connectivity index (χ4n) is 2.31. The van der Waals surface area contributed by atoms with E-state index in [4.69, 9.17) is 0 Å². The average molecular weight is 286 g/mol. The molecule has 0 atom stereocenters. The quantitative estimate of drug-likeness (QED) is 0.919. The summed E-state index contributed by atoms with van der Waals surface area (Å²) in [6.45, 7) is 6.46. The van der Waals surface area contributed by atoms with Gasteiger partial charge in [-0.15, -0.1) is 0 Å². The minimum Gasteiger partial charge on any atom is -0.391 e. The van der Waals surface area contributed by atoms with E-state index in [9.17, 15) is 9.90 Å². The predicted molar refractivity (Wildman–Crippen MR) is 84.2 cm³/mol. The van der Waals surface area contributed by atoms with Crippen LogP contribution >= 0.6 is 0 Å². The van der Waals surface area contributed by atoms with E-state index in [-0.39, 0.29) is 12.2 Å². The molecule has 0 aliphatic heterocycles. The van der Waals surface area contributed by atoms with Gasteiger partial charge in [0.1, 0.15) is 0 Å². The molecule has 0 aliphatic rings. The van der Waals surface area contributed by atoms with Crippen LogP contribution in [0.5, 0.6) is 0 Å². The van der Waals surface area contributed by atoms with Gasteiger partial charge < -0.3 is 5.11 Å². The van der Waals surface area contributed by atoms with Crippen LogP contribution in [0, 0.1) is 13.8 Å². The topological polar surface area (TPSA) is 55.1 Å². The van der Waals surface area contributed by atoms with Crippen LogP contribution < -0.4 is 5.56 Å². The lowest BCUT2D eigenvalue weighted by molar-refractivity contribution is 0.278. The second-order valence-corrected chi connectivity index (χ2v) is 5.41. The van der Waals surface area contributed by atoms with Gasteiger partial charge in [0.05, 0.1) is 12.3 Å². The van der Waals surface area contributed by atoms with E-state index < -0.39 is 0 Å². The molecule has 1 aromatic heterocycles. The third kappa shape index (κ3) is 3.39. The lowest BCUT2D eigenvalue weighted by Gasteiger charge is -2.11. The van der Waals surface area contributed by atoms with E-state index in [1.54, 1.807) is 6.07 Å². The Kier molecular flexibility index (Phi) is 4.91. The van der Waals surface area contributed by atoms with Gasteiger partial charge in [-0.05, 0) is 38.0 Å². The van der Waals surface area contributed by atoms with E-state index in [1.807, 2.05) is 19.9 Å². The first-order valence-electron chi connectivity index (χ1n) is 7.36. The Bertz CT molecular complexity index is 690. The maximum Gasteiger partial charge on any atom is 0.272 e. The fraction of sp³-hybridized carbons (Fsp3) is 0.412. The molecule has 0 amide bonds. The molecule has 0 spiro atoms. The monoisotopic (exact) mass is 286 g/mol. The van der Waals surface area contributed by atoms with Crippen molar-refractivity contribution in [3.63, 3.8) is 0 Å². The maximum absolute atomic E-state index is 12.2. The van der Waals surface area contributed by atoms with Crippen LogP contribution in [-0.2, 0) is 13.2 Å². The molecule has 1 N–H and O–H groups in total. The predicted octanol–water partition coefficient (Wildman–Crippen LogP) is 2.82. The molecular formula is C17H22N2O2. The minimum absolute atomic E-state index is 0.194. The molecule has 2 aromatic rings. The number of rotatable bonds is 5. The Morgan fingerprint density at radius 1 is 1.24 bits per heavy atom. The van der Waals surface area contributed by atoms with Crippen LogP contribution in [0.2, 0.25) is 0 Å². The number of hydrogen-bond donors (Lipinski definition) is 1. The molecule has 4 nitrogen and oxygen atoms in total. The fourth-order valence-corrected chi connectivity index (χ4v) is 2.31. The van der Waals surface area contributed by atoms with Gasteiger partial charge in [0.15, 0.2) is 0 Å². The summed E-state index contributed by atoms with van der Waals surface area (Å²) in [6, 6.07) is 7.87. The average Bonchev–Trinajstić information content (AvgIpc) is 2.48.